The first-order valence-corrected chi connectivity index (χ1v) is 8.87. The van der Waals surface area contributed by atoms with E-state index in [-0.39, 0.29) is 27.1 Å². The Kier molecular flexibility index (Phi) is 4.36. The Morgan fingerprint density at radius 1 is 1.24 bits per heavy atom. The molecule has 3 rings (SSSR count). The van der Waals surface area contributed by atoms with E-state index in [0.717, 1.165) is 16.8 Å². The standard InChI is InChI=1S/C15H12ClFN4O3S/c1-9-18-15(22)21(19-9)14-8-13(11(16)7-12(14)17)20-25(23,24)10-5-3-2-4-6-10/h2-8,20H,1H3,(H,18,19,22). The van der Waals surface area contributed by atoms with Gasteiger partial charge in [-0.05, 0) is 31.2 Å². The highest BCUT2D eigenvalue weighted by molar-refractivity contribution is 7.92. The Morgan fingerprint density at radius 3 is 2.52 bits per heavy atom. The molecule has 0 saturated carbocycles. The zero-order valence-corrected chi connectivity index (χ0v) is 14.4. The SMILES string of the molecule is Cc1nn(-c2cc(NS(=O)(=O)c3ccccc3)c(Cl)cc2F)c(=O)[nH]1. The predicted molar refractivity (Wildman–Crippen MR) is 91.1 cm³/mol. The van der Waals surface area contributed by atoms with Crippen molar-refractivity contribution in [3.05, 3.63) is 69.6 Å². The highest BCUT2D eigenvalue weighted by atomic mass is 35.5. The number of hydrogen-bond donors (Lipinski definition) is 2. The number of aryl methyl sites for hydroxylation is 1. The number of nitrogens with one attached hydrogen (secondary N) is 2. The summed E-state index contributed by atoms with van der Waals surface area (Å²) in [6.45, 7) is 1.53. The van der Waals surface area contributed by atoms with Gasteiger partial charge in [0.1, 0.15) is 11.5 Å². The van der Waals surface area contributed by atoms with Gasteiger partial charge in [-0.1, -0.05) is 29.8 Å². The van der Waals surface area contributed by atoms with Gasteiger partial charge < -0.3 is 0 Å². The number of benzene rings is 2. The van der Waals surface area contributed by atoms with Crippen LogP contribution in [0.25, 0.3) is 5.69 Å². The van der Waals surface area contributed by atoms with Crippen LogP contribution in [0.5, 0.6) is 0 Å². The molecule has 2 N–H and O–H groups in total. The van der Waals surface area contributed by atoms with E-state index in [9.17, 15) is 17.6 Å². The third-order valence-electron chi connectivity index (χ3n) is 3.29. The maximum atomic E-state index is 14.2. The minimum absolute atomic E-state index is 0.0183. The minimum Gasteiger partial charge on any atom is -0.293 e. The summed E-state index contributed by atoms with van der Waals surface area (Å²) in [4.78, 5) is 14.2. The fraction of sp³-hybridized carbons (Fsp3) is 0.0667. The molecule has 0 spiro atoms. The number of aromatic amines is 1. The van der Waals surface area contributed by atoms with Crippen molar-refractivity contribution in [1.29, 1.82) is 0 Å². The lowest BCUT2D eigenvalue weighted by atomic mass is 10.2. The molecule has 3 aromatic rings. The van der Waals surface area contributed by atoms with Gasteiger partial charge in [0.05, 0.1) is 15.6 Å². The van der Waals surface area contributed by atoms with Gasteiger partial charge in [0.15, 0.2) is 5.82 Å². The van der Waals surface area contributed by atoms with Gasteiger partial charge >= 0.3 is 5.69 Å². The Bertz CT molecular complexity index is 1090. The van der Waals surface area contributed by atoms with Gasteiger partial charge in [-0.25, -0.2) is 17.6 Å². The normalized spacial score (nSPS) is 11.5. The van der Waals surface area contributed by atoms with E-state index in [0.29, 0.717) is 0 Å². The van der Waals surface area contributed by atoms with E-state index in [1.54, 1.807) is 18.2 Å². The summed E-state index contributed by atoms with van der Waals surface area (Å²) >= 11 is 5.94. The molecule has 130 valence electrons. The molecule has 0 aliphatic rings. The quantitative estimate of drug-likeness (QED) is 0.724. The van der Waals surface area contributed by atoms with Crippen LogP contribution in [0.4, 0.5) is 10.1 Å². The summed E-state index contributed by atoms with van der Waals surface area (Å²) in [7, 11) is -3.93. The summed E-state index contributed by atoms with van der Waals surface area (Å²) in [6.07, 6.45) is 0. The fourth-order valence-corrected chi connectivity index (χ4v) is 3.52. The second-order valence-corrected chi connectivity index (χ2v) is 7.22. The van der Waals surface area contributed by atoms with Crippen LogP contribution < -0.4 is 10.4 Å². The molecular weight excluding hydrogens is 371 g/mol. The van der Waals surface area contributed by atoms with Crippen LogP contribution in [0.3, 0.4) is 0 Å². The number of H-pyrrole nitrogens is 1. The van der Waals surface area contributed by atoms with Crippen molar-refractivity contribution in [2.24, 2.45) is 0 Å². The highest BCUT2D eigenvalue weighted by Crippen LogP contribution is 2.29. The number of hydrogen-bond acceptors (Lipinski definition) is 4. The highest BCUT2D eigenvalue weighted by Gasteiger charge is 2.19. The van der Waals surface area contributed by atoms with Crippen molar-refractivity contribution in [3.8, 4) is 5.69 Å². The lowest BCUT2D eigenvalue weighted by Crippen LogP contribution is -2.18. The zero-order chi connectivity index (χ0) is 18.2. The summed E-state index contributed by atoms with van der Waals surface area (Å²) in [6, 6.07) is 9.64. The third-order valence-corrected chi connectivity index (χ3v) is 4.99. The van der Waals surface area contributed by atoms with Crippen molar-refractivity contribution >= 4 is 27.3 Å². The lowest BCUT2D eigenvalue weighted by molar-refractivity contribution is 0.600. The third kappa shape index (κ3) is 3.42. The maximum Gasteiger partial charge on any atom is 0.348 e. The van der Waals surface area contributed by atoms with Crippen LogP contribution in [-0.2, 0) is 10.0 Å². The van der Waals surface area contributed by atoms with Crippen LogP contribution >= 0.6 is 11.6 Å². The van der Waals surface area contributed by atoms with Crippen LogP contribution in [0.15, 0.2) is 52.2 Å². The Balaban J connectivity index is 2.08. The number of anilines is 1. The lowest BCUT2D eigenvalue weighted by Gasteiger charge is -2.12. The monoisotopic (exact) mass is 382 g/mol. The molecule has 0 saturated heterocycles. The molecule has 2 aromatic carbocycles. The molecule has 0 atom stereocenters. The van der Waals surface area contributed by atoms with E-state index >= 15 is 0 Å². The Labute approximate surface area is 147 Å². The minimum atomic E-state index is -3.93. The first-order valence-electron chi connectivity index (χ1n) is 7.01. The molecule has 7 nitrogen and oxygen atoms in total. The van der Waals surface area contributed by atoms with Crippen LogP contribution in [0.2, 0.25) is 5.02 Å². The number of nitrogens with zero attached hydrogens (tertiary/aromatic N) is 2. The van der Waals surface area contributed by atoms with E-state index in [4.69, 9.17) is 11.6 Å². The van der Waals surface area contributed by atoms with Gasteiger partial charge in [-0.15, -0.1) is 0 Å². The van der Waals surface area contributed by atoms with Crippen LogP contribution in [0, 0.1) is 12.7 Å². The van der Waals surface area contributed by atoms with Crippen LogP contribution in [0.1, 0.15) is 5.82 Å². The number of rotatable bonds is 4. The second-order valence-electron chi connectivity index (χ2n) is 5.13. The smallest absolute Gasteiger partial charge is 0.293 e. The molecule has 25 heavy (non-hydrogen) atoms. The molecule has 10 heteroatoms. The van der Waals surface area contributed by atoms with E-state index in [2.05, 4.69) is 14.8 Å². The molecule has 0 aliphatic carbocycles. The summed E-state index contributed by atoms with van der Waals surface area (Å²) < 4.78 is 42.1. The molecule has 0 unspecified atom stereocenters. The molecule has 0 amide bonds. The average Bonchev–Trinajstić information content (AvgIpc) is 2.89. The molecule has 0 aliphatic heterocycles. The van der Waals surface area contributed by atoms with Gasteiger partial charge in [-0.3, -0.25) is 9.71 Å². The molecule has 1 heterocycles. The van der Waals surface area contributed by atoms with Gasteiger partial charge in [-0.2, -0.15) is 9.78 Å². The maximum absolute atomic E-state index is 14.2. The number of aromatic nitrogens is 3. The van der Waals surface area contributed by atoms with E-state index < -0.39 is 21.5 Å². The number of halogens is 2. The van der Waals surface area contributed by atoms with Gasteiger partial charge in [0.25, 0.3) is 10.0 Å². The molecular formula is C15H12ClFN4O3S. The molecule has 0 radical (unpaired) electrons. The van der Waals surface area contributed by atoms with Crippen molar-refractivity contribution in [1.82, 2.24) is 14.8 Å². The zero-order valence-electron chi connectivity index (χ0n) is 12.8. The first-order chi connectivity index (χ1) is 11.8. The van der Waals surface area contributed by atoms with Crippen LogP contribution in [-0.4, -0.2) is 23.2 Å². The fourth-order valence-electron chi connectivity index (χ4n) is 2.17. The molecule has 1 aromatic heterocycles. The Hall–Kier alpha value is -2.65. The molecule has 0 bridgehead atoms. The van der Waals surface area contributed by atoms with Crippen molar-refractivity contribution in [2.75, 3.05) is 4.72 Å². The van der Waals surface area contributed by atoms with E-state index in [1.165, 1.54) is 19.1 Å². The van der Waals surface area contributed by atoms with Crippen molar-refractivity contribution in [3.63, 3.8) is 0 Å². The largest absolute Gasteiger partial charge is 0.348 e. The topological polar surface area (TPSA) is 96.8 Å². The first kappa shape index (κ1) is 17.2. The average molecular weight is 383 g/mol. The molecule has 0 fully saturated rings. The Morgan fingerprint density at radius 2 is 1.92 bits per heavy atom. The van der Waals surface area contributed by atoms with Gasteiger partial charge in [0.2, 0.25) is 0 Å². The van der Waals surface area contributed by atoms with Crippen molar-refractivity contribution < 1.29 is 12.8 Å². The van der Waals surface area contributed by atoms with Gasteiger partial charge in [0, 0.05) is 0 Å². The van der Waals surface area contributed by atoms with Crippen molar-refractivity contribution in [2.45, 2.75) is 11.8 Å². The summed E-state index contributed by atoms with van der Waals surface area (Å²) in [5.41, 5.74) is -0.963. The predicted octanol–water partition coefficient (Wildman–Crippen LogP) is 2.46. The van der Waals surface area contributed by atoms with E-state index in [1.807, 2.05) is 0 Å². The summed E-state index contributed by atoms with van der Waals surface area (Å²) in [5.74, 6) is -0.535. The second kappa shape index (κ2) is 6.34. The summed E-state index contributed by atoms with van der Waals surface area (Å²) in [5, 5.41) is 3.70. The number of sulfonamides is 1.